The number of nitrogens with two attached hydrogens (primary N) is 1. The molecule has 4 nitrogen and oxygen atoms in total. The Kier molecular flexibility index (Phi) is 2.83. The normalized spacial score (nSPS) is 13.5. The Labute approximate surface area is 95.7 Å². The number of nitrogen functional groups attached to an aromatic ring is 1. The fourth-order valence-electron chi connectivity index (χ4n) is 2.14. The average Bonchev–Trinajstić information content (AvgIpc) is 2.52. The number of likely N-dealkylation sites (N-methyl/N-ethyl adjacent to an activating group) is 1. The van der Waals surface area contributed by atoms with Crippen molar-refractivity contribution in [1.82, 2.24) is 14.5 Å². The van der Waals surface area contributed by atoms with Gasteiger partial charge >= 0.3 is 0 Å². The molecule has 0 aliphatic rings. The summed E-state index contributed by atoms with van der Waals surface area (Å²) in [4.78, 5) is 6.52. The monoisotopic (exact) mass is 218 g/mol. The van der Waals surface area contributed by atoms with Crippen LogP contribution in [0.25, 0.3) is 11.0 Å². The summed E-state index contributed by atoms with van der Waals surface area (Å²) < 4.78 is 2.09. The molecule has 0 saturated heterocycles. The van der Waals surface area contributed by atoms with Crippen LogP contribution in [0.15, 0.2) is 24.3 Å². The SMILES string of the molecule is CC(CN(C)C)n1c(N)nc2ccccc21. The van der Waals surface area contributed by atoms with Gasteiger partial charge in [-0.05, 0) is 33.2 Å². The number of imidazole rings is 1. The molecule has 0 radical (unpaired) electrons. The topological polar surface area (TPSA) is 47.1 Å². The Morgan fingerprint density at radius 2 is 2.06 bits per heavy atom. The zero-order valence-corrected chi connectivity index (χ0v) is 10.0. The van der Waals surface area contributed by atoms with Crippen LogP contribution in [-0.4, -0.2) is 35.1 Å². The second kappa shape index (κ2) is 4.14. The van der Waals surface area contributed by atoms with Crippen LogP contribution in [0.1, 0.15) is 13.0 Å². The fraction of sp³-hybridized carbons (Fsp3) is 0.417. The van der Waals surface area contributed by atoms with Crippen molar-refractivity contribution in [3.8, 4) is 0 Å². The van der Waals surface area contributed by atoms with Crippen LogP contribution in [-0.2, 0) is 0 Å². The molecule has 1 aromatic carbocycles. The molecule has 1 atom stereocenters. The van der Waals surface area contributed by atoms with Crippen molar-refractivity contribution >= 4 is 17.0 Å². The molecule has 2 rings (SSSR count). The number of para-hydroxylation sites is 2. The molecule has 0 fully saturated rings. The van der Waals surface area contributed by atoms with E-state index in [0.29, 0.717) is 12.0 Å². The van der Waals surface area contributed by atoms with Crippen molar-refractivity contribution < 1.29 is 0 Å². The van der Waals surface area contributed by atoms with E-state index < -0.39 is 0 Å². The third-order valence-electron chi connectivity index (χ3n) is 2.69. The molecular formula is C12H18N4. The lowest BCUT2D eigenvalue weighted by Crippen LogP contribution is -2.23. The first-order valence-corrected chi connectivity index (χ1v) is 5.46. The predicted molar refractivity (Wildman–Crippen MR) is 67.4 cm³/mol. The van der Waals surface area contributed by atoms with E-state index in [4.69, 9.17) is 5.73 Å². The highest BCUT2D eigenvalue weighted by atomic mass is 15.2. The van der Waals surface area contributed by atoms with Crippen LogP contribution in [0.5, 0.6) is 0 Å². The van der Waals surface area contributed by atoms with Gasteiger partial charge in [0.05, 0.1) is 11.0 Å². The van der Waals surface area contributed by atoms with Gasteiger partial charge < -0.3 is 15.2 Å². The first-order valence-electron chi connectivity index (χ1n) is 5.46. The second-order valence-corrected chi connectivity index (χ2v) is 4.44. The Morgan fingerprint density at radius 1 is 1.38 bits per heavy atom. The highest BCUT2D eigenvalue weighted by Crippen LogP contribution is 2.22. The van der Waals surface area contributed by atoms with Crippen molar-refractivity contribution in [2.24, 2.45) is 0 Å². The number of nitrogens with zero attached hydrogens (tertiary/aromatic N) is 3. The van der Waals surface area contributed by atoms with E-state index in [9.17, 15) is 0 Å². The van der Waals surface area contributed by atoms with Gasteiger partial charge in [-0.3, -0.25) is 0 Å². The van der Waals surface area contributed by atoms with E-state index in [-0.39, 0.29) is 0 Å². The highest BCUT2D eigenvalue weighted by molar-refractivity contribution is 5.78. The largest absolute Gasteiger partial charge is 0.369 e. The first kappa shape index (κ1) is 11.0. The number of anilines is 1. The summed E-state index contributed by atoms with van der Waals surface area (Å²) in [6.45, 7) is 3.11. The first-order chi connectivity index (χ1) is 7.59. The van der Waals surface area contributed by atoms with Crippen molar-refractivity contribution in [2.75, 3.05) is 26.4 Å². The lowest BCUT2D eigenvalue weighted by Gasteiger charge is -2.20. The molecule has 0 amide bonds. The minimum absolute atomic E-state index is 0.322. The van der Waals surface area contributed by atoms with E-state index in [1.165, 1.54) is 0 Å². The molecule has 0 bridgehead atoms. The molecule has 1 heterocycles. The van der Waals surface area contributed by atoms with E-state index in [2.05, 4.69) is 41.5 Å². The molecule has 2 N–H and O–H groups in total. The van der Waals surface area contributed by atoms with Crippen molar-refractivity contribution in [3.05, 3.63) is 24.3 Å². The van der Waals surface area contributed by atoms with Gasteiger partial charge in [0.15, 0.2) is 0 Å². The lowest BCUT2D eigenvalue weighted by atomic mass is 10.2. The average molecular weight is 218 g/mol. The minimum atomic E-state index is 0.322. The third kappa shape index (κ3) is 1.88. The molecule has 4 heteroatoms. The summed E-state index contributed by atoms with van der Waals surface area (Å²) in [5.41, 5.74) is 8.03. The molecule has 86 valence electrons. The molecule has 1 aromatic heterocycles. The van der Waals surface area contributed by atoms with Gasteiger partial charge in [-0.2, -0.15) is 0 Å². The maximum absolute atomic E-state index is 5.96. The maximum atomic E-state index is 5.96. The van der Waals surface area contributed by atoms with E-state index in [0.717, 1.165) is 17.6 Å². The van der Waals surface area contributed by atoms with Crippen LogP contribution in [0.2, 0.25) is 0 Å². The highest BCUT2D eigenvalue weighted by Gasteiger charge is 2.13. The summed E-state index contributed by atoms with van der Waals surface area (Å²) in [5, 5.41) is 0. The zero-order valence-electron chi connectivity index (χ0n) is 10.0. The molecule has 0 aliphatic carbocycles. The molecule has 1 unspecified atom stereocenters. The Balaban J connectivity index is 2.46. The van der Waals surface area contributed by atoms with E-state index >= 15 is 0 Å². The van der Waals surface area contributed by atoms with Gasteiger partial charge in [0.25, 0.3) is 0 Å². The number of hydrogen-bond donors (Lipinski definition) is 1. The lowest BCUT2D eigenvalue weighted by molar-refractivity contribution is 0.342. The summed E-state index contributed by atoms with van der Waals surface area (Å²) in [5.74, 6) is 0.593. The van der Waals surface area contributed by atoms with E-state index in [1.54, 1.807) is 0 Å². The second-order valence-electron chi connectivity index (χ2n) is 4.44. The van der Waals surface area contributed by atoms with Crippen LogP contribution in [0, 0.1) is 0 Å². The van der Waals surface area contributed by atoms with Gasteiger partial charge in [0, 0.05) is 12.6 Å². The van der Waals surface area contributed by atoms with Crippen LogP contribution in [0.4, 0.5) is 5.95 Å². The summed E-state index contributed by atoms with van der Waals surface area (Å²) in [6, 6.07) is 8.37. The Hall–Kier alpha value is -1.55. The standard InChI is InChI=1S/C12H18N4/c1-9(8-15(2)3)16-11-7-5-4-6-10(11)14-12(16)13/h4-7,9H,8H2,1-3H3,(H2,13,14). The summed E-state index contributed by atoms with van der Waals surface area (Å²) >= 11 is 0. The maximum Gasteiger partial charge on any atom is 0.201 e. The number of benzene rings is 1. The van der Waals surface area contributed by atoms with Crippen molar-refractivity contribution in [1.29, 1.82) is 0 Å². The van der Waals surface area contributed by atoms with Gasteiger partial charge in [0.1, 0.15) is 0 Å². The number of aromatic nitrogens is 2. The molecule has 2 aromatic rings. The van der Waals surface area contributed by atoms with Crippen molar-refractivity contribution in [2.45, 2.75) is 13.0 Å². The molecule has 0 spiro atoms. The minimum Gasteiger partial charge on any atom is -0.369 e. The molecular weight excluding hydrogens is 200 g/mol. The fourth-order valence-corrected chi connectivity index (χ4v) is 2.14. The number of hydrogen-bond acceptors (Lipinski definition) is 3. The van der Waals surface area contributed by atoms with Gasteiger partial charge in [-0.1, -0.05) is 12.1 Å². The number of fused-ring (bicyclic) bond motifs is 1. The smallest absolute Gasteiger partial charge is 0.201 e. The third-order valence-corrected chi connectivity index (χ3v) is 2.69. The van der Waals surface area contributed by atoms with Crippen LogP contribution < -0.4 is 5.73 Å². The molecule has 16 heavy (non-hydrogen) atoms. The Bertz CT molecular complexity index is 487. The van der Waals surface area contributed by atoms with Crippen molar-refractivity contribution in [3.63, 3.8) is 0 Å². The quantitative estimate of drug-likeness (QED) is 0.853. The molecule has 0 aliphatic heterocycles. The van der Waals surface area contributed by atoms with Gasteiger partial charge in [0.2, 0.25) is 5.95 Å². The van der Waals surface area contributed by atoms with Gasteiger partial charge in [-0.25, -0.2) is 4.98 Å². The summed E-state index contributed by atoms with van der Waals surface area (Å²) in [7, 11) is 4.12. The predicted octanol–water partition coefficient (Wildman–Crippen LogP) is 1.74. The van der Waals surface area contributed by atoms with Gasteiger partial charge in [-0.15, -0.1) is 0 Å². The zero-order chi connectivity index (χ0) is 11.7. The summed E-state index contributed by atoms with van der Waals surface area (Å²) in [6.07, 6.45) is 0. The molecule has 0 saturated carbocycles. The Morgan fingerprint density at radius 3 is 2.75 bits per heavy atom. The van der Waals surface area contributed by atoms with Crippen LogP contribution in [0.3, 0.4) is 0 Å². The van der Waals surface area contributed by atoms with E-state index in [1.807, 2.05) is 18.2 Å². The number of rotatable bonds is 3. The van der Waals surface area contributed by atoms with Crippen LogP contribution >= 0.6 is 0 Å².